The van der Waals surface area contributed by atoms with Gasteiger partial charge >= 0.3 is 51.4 Å². The quantitative estimate of drug-likeness (QED) is 0.478. The largest absolute Gasteiger partial charge is 1.00 e. The topological polar surface area (TPSA) is 63.9 Å². The third-order valence-electron chi connectivity index (χ3n) is 1.50. The monoisotopic (exact) mass is 199 g/mol. The fourth-order valence-electron chi connectivity index (χ4n) is 0.909. The zero-order valence-electron chi connectivity index (χ0n) is 7.23. The van der Waals surface area contributed by atoms with Gasteiger partial charge in [-0.3, -0.25) is 0 Å². The van der Waals surface area contributed by atoms with Crippen molar-refractivity contribution in [3.8, 4) is 6.07 Å². The molecule has 60 valence electrons. The smallest absolute Gasteiger partial charge is 0.548 e. The van der Waals surface area contributed by atoms with Gasteiger partial charge in [0.1, 0.15) is 5.92 Å². The van der Waals surface area contributed by atoms with Gasteiger partial charge in [0.25, 0.3) is 0 Å². The molecule has 0 aliphatic heterocycles. The first-order valence-electron chi connectivity index (χ1n) is 3.41. The molecule has 0 heterocycles. The summed E-state index contributed by atoms with van der Waals surface area (Å²) in [6.45, 7) is 0. The van der Waals surface area contributed by atoms with Crippen molar-refractivity contribution in [3.05, 3.63) is 35.9 Å². The van der Waals surface area contributed by atoms with E-state index in [0.717, 1.165) is 0 Å². The van der Waals surface area contributed by atoms with Crippen molar-refractivity contribution >= 4 is 5.97 Å². The van der Waals surface area contributed by atoms with Crippen molar-refractivity contribution in [2.75, 3.05) is 0 Å². The first-order chi connectivity index (χ1) is 5.75. The Morgan fingerprint density at radius 3 is 2.31 bits per heavy atom. The molecule has 0 saturated heterocycles. The summed E-state index contributed by atoms with van der Waals surface area (Å²) in [6, 6.07) is 9.95. The third-order valence-corrected chi connectivity index (χ3v) is 1.50. The van der Waals surface area contributed by atoms with E-state index in [1.165, 1.54) is 0 Å². The number of carboxylic acid groups (broad SMARTS) is 1. The molecular weight excluding hydrogens is 193 g/mol. The minimum Gasteiger partial charge on any atom is -0.548 e. The zero-order chi connectivity index (χ0) is 8.97. The van der Waals surface area contributed by atoms with Crippen LogP contribution in [0.2, 0.25) is 0 Å². The number of aliphatic carboxylic acids is 1. The van der Waals surface area contributed by atoms with Crippen molar-refractivity contribution in [1.29, 1.82) is 5.26 Å². The molecule has 1 atom stereocenters. The van der Waals surface area contributed by atoms with Gasteiger partial charge in [-0.2, -0.15) is 5.26 Å². The maximum atomic E-state index is 10.4. The van der Waals surface area contributed by atoms with Crippen molar-refractivity contribution in [2.24, 2.45) is 0 Å². The molecule has 0 amide bonds. The van der Waals surface area contributed by atoms with Gasteiger partial charge in [-0.15, -0.1) is 0 Å². The molecule has 1 unspecified atom stereocenters. The molecule has 1 aromatic carbocycles. The summed E-state index contributed by atoms with van der Waals surface area (Å²) in [5, 5.41) is 18.9. The van der Waals surface area contributed by atoms with Gasteiger partial charge in [0.15, 0.2) is 0 Å². The number of nitriles is 1. The van der Waals surface area contributed by atoms with Crippen LogP contribution in [0.25, 0.3) is 0 Å². The number of carboxylic acids is 1. The molecule has 0 aliphatic carbocycles. The predicted molar refractivity (Wildman–Crippen MR) is 39.8 cm³/mol. The number of carbonyl (C=O) groups is 1. The molecule has 1 rings (SSSR count). The summed E-state index contributed by atoms with van der Waals surface area (Å²) in [4.78, 5) is 10.4. The third kappa shape index (κ3) is 3.59. The maximum Gasteiger partial charge on any atom is 1.00 e. The van der Waals surface area contributed by atoms with E-state index in [4.69, 9.17) is 5.26 Å². The number of nitrogens with zero attached hydrogens (tertiary/aromatic N) is 1. The number of benzene rings is 1. The molecule has 0 aliphatic rings. The van der Waals surface area contributed by atoms with Crippen LogP contribution in [0.4, 0.5) is 0 Å². The Morgan fingerprint density at radius 2 is 1.92 bits per heavy atom. The fraction of sp³-hybridized carbons (Fsp3) is 0.111. The van der Waals surface area contributed by atoms with Crippen molar-refractivity contribution in [1.82, 2.24) is 0 Å². The molecule has 13 heavy (non-hydrogen) atoms. The molecule has 0 spiro atoms. The number of hydrogen-bond acceptors (Lipinski definition) is 3. The van der Waals surface area contributed by atoms with Gasteiger partial charge in [-0.25, -0.2) is 0 Å². The van der Waals surface area contributed by atoms with E-state index in [1.54, 1.807) is 36.4 Å². The average molecular weight is 199 g/mol. The molecule has 3 nitrogen and oxygen atoms in total. The van der Waals surface area contributed by atoms with Crippen LogP contribution >= 0.6 is 0 Å². The second-order valence-corrected chi connectivity index (χ2v) is 2.29. The second-order valence-electron chi connectivity index (χ2n) is 2.29. The Bertz CT molecular complexity index is 318. The first kappa shape index (κ1) is 12.8. The van der Waals surface area contributed by atoms with Crippen LogP contribution < -0.4 is 56.5 Å². The molecule has 0 aromatic heterocycles. The van der Waals surface area contributed by atoms with E-state index in [-0.39, 0.29) is 51.4 Å². The van der Waals surface area contributed by atoms with Gasteiger partial charge in [-0.1, -0.05) is 30.3 Å². The number of carbonyl (C=O) groups excluding carboxylic acids is 1. The standard InChI is InChI=1S/C9H7NO2.K/c10-6-8(9(11)12)7-4-2-1-3-5-7;/h1-5,8H,(H,11,12);/q;+1/p-1. The molecular formula is C9H6KNO2. The van der Waals surface area contributed by atoms with Crippen LogP contribution in [0.5, 0.6) is 0 Å². The Morgan fingerprint density at radius 1 is 1.38 bits per heavy atom. The first-order valence-corrected chi connectivity index (χ1v) is 3.41. The van der Waals surface area contributed by atoms with Crippen LogP contribution in [0, 0.1) is 11.3 Å². The average Bonchev–Trinajstić information content (AvgIpc) is 2.07. The summed E-state index contributed by atoms with van der Waals surface area (Å²) in [6.07, 6.45) is 0. The van der Waals surface area contributed by atoms with Crippen molar-refractivity contribution in [3.63, 3.8) is 0 Å². The number of hydrogen-bond donors (Lipinski definition) is 0. The van der Waals surface area contributed by atoms with Crippen LogP contribution in [0.3, 0.4) is 0 Å². The van der Waals surface area contributed by atoms with Gasteiger partial charge in [0, 0.05) is 0 Å². The molecule has 1 aromatic rings. The predicted octanol–water partition coefficient (Wildman–Crippen LogP) is -2.95. The van der Waals surface area contributed by atoms with Gasteiger partial charge in [0.2, 0.25) is 0 Å². The summed E-state index contributed by atoms with van der Waals surface area (Å²) >= 11 is 0. The minimum atomic E-state index is -1.36. The second kappa shape index (κ2) is 6.30. The summed E-state index contributed by atoms with van der Waals surface area (Å²) in [5.74, 6) is -2.52. The fourth-order valence-corrected chi connectivity index (χ4v) is 0.909. The summed E-state index contributed by atoms with van der Waals surface area (Å²) < 4.78 is 0. The van der Waals surface area contributed by atoms with Crippen LogP contribution in [-0.4, -0.2) is 5.97 Å². The van der Waals surface area contributed by atoms with Gasteiger partial charge in [0.05, 0.1) is 12.0 Å². The van der Waals surface area contributed by atoms with Crippen molar-refractivity contribution in [2.45, 2.75) is 5.92 Å². The Hall–Kier alpha value is -0.184. The van der Waals surface area contributed by atoms with E-state index in [2.05, 4.69) is 0 Å². The molecule has 0 bridgehead atoms. The summed E-state index contributed by atoms with van der Waals surface area (Å²) in [5.41, 5.74) is 0.458. The van der Waals surface area contributed by atoms with Crippen LogP contribution in [0.1, 0.15) is 11.5 Å². The molecule has 0 fully saturated rings. The Labute approximate surface area is 119 Å². The zero-order valence-corrected chi connectivity index (χ0v) is 10.4. The minimum absolute atomic E-state index is 0. The van der Waals surface area contributed by atoms with E-state index in [1.807, 2.05) is 0 Å². The molecule has 0 saturated carbocycles. The molecule has 0 N–H and O–H groups in total. The van der Waals surface area contributed by atoms with E-state index in [0.29, 0.717) is 5.56 Å². The Kier molecular flexibility index (Phi) is 6.21. The normalized spacial score (nSPS) is 10.7. The van der Waals surface area contributed by atoms with E-state index < -0.39 is 11.9 Å². The van der Waals surface area contributed by atoms with Crippen molar-refractivity contribution < 1.29 is 61.3 Å². The van der Waals surface area contributed by atoms with Crippen LogP contribution in [0.15, 0.2) is 30.3 Å². The Balaban J connectivity index is 0.00000144. The van der Waals surface area contributed by atoms with Crippen LogP contribution in [-0.2, 0) is 4.79 Å². The number of rotatable bonds is 2. The SMILES string of the molecule is N#CC(C(=O)[O-])c1ccccc1.[K+]. The summed E-state index contributed by atoms with van der Waals surface area (Å²) in [7, 11) is 0. The van der Waals surface area contributed by atoms with E-state index >= 15 is 0 Å². The van der Waals surface area contributed by atoms with Gasteiger partial charge in [-0.05, 0) is 5.56 Å². The maximum absolute atomic E-state index is 10.4. The van der Waals surface area contributed by atoms with E-state index in [9.17, 15) is 9.90 Å². The molecule has 0 radical (unpaired) electrons. The molecule has 4 heteroatoms. The van der Waals surface area contributed by atoms with Gasteiger partial charge < -0.3 is 9.90 Å².